The van der Waals surface area contributed by atoms with Gasteiger partial charge in [-0.05, 0) is 66.5 Å². The zero-order chi connectivity index (χ0) is 23.2. The lowest BCUT2D eigenvalue weighted by Gasteiger charge is -2.44. The average molecular weight is 467 g/mol. The summed E-state index contributed by atoms with van der Waals surface area (Å²) in [4.78, 5) is 2.62. The highest BCUT2D eigenvalue weighted by molar-refractivity contribution is 7.88. The first-order chi connectivity index (χ1) is 15.9. The summed E-state index contributed by atoms with van der Waals surface area (Å²) in [5.41, 5.74) is 8.17. The molecule has 2 aromatic carbocycles. The standard InChI is InChI=1S/C27H34N2O3S/c1-4-19-18-28-13-11-20-7-5-6-8-24(20)26(28)16-22(19)17-27-25-10-9-23(32-2)15-21(25)12-14-29(27)33(3,30)31/h5-10,15,26-27H,4,11-14,16-18H2,1-3H3. The van der Waals surface area contributed by atoms with E-state index in [-0.39, 0.29) is 6.04 Å². The van der Waals surface area contributed by atoms with Gasteiger partial charge in [0.25, 0.3) is 0 Å². The molecule has 0 saturated heterocycles. The zero-order valence-corrected chi connectivity index (χ0v) is 20.7. The predicted octanol–water partition coefficient (Wildman–Crippen LogP) is 4.65. The van der Waals surface area contributed by atoms with Crippen molar-refractivity contribution in [2.24, 2.45) is 0 Å². The van der Waals surface area contributed by atoms with Crippen molar-refractivity contribution >= 4 is 10.0 Å². The molecule has 6 heteroatoms. The minimum absolute atomic E-state index is 0.156. The number of methoxy groups -OCH3 is 1. The van der Waals surface area contributed by atoms with E-state index in [0.717, 1.165) is 56.5 Å². The Hall–Kier alpha value is -2.15. The van der Waals surface area contributed by atoms with Gasteiger partial charge in [0.2, 0.25) is 10.0 Å². The molecular weight excluding hydrogens is 432 g/mol. The summed E-state index contributed by atoms with van der Waals surface area (Å²) in [5, 5.41) is 0. The van der Waals surface area contributed by atoms with Crippen LogP contribution in [-0.2, 0) is 22.9 Å². The molecule has 3 aliphatic heterocycles. The SMILES string of the molecule is CCC1=C(CC2c3ccc(OC)cc3CCN2S(C)(=O)=O)CC2c3ccccc3CCN2C1. The molecule has 0 amide bonds. The Morgan fingerprint density at radius 3 is 2.55 bits per heavy atom. The summed E-state index contributed by atoms with van der Waals surface area (Å²) >= 11 is 0. The third kappa shape index (κ3) is 4.25. The maximum absolute atomic E-state index is 12.8. The third-order valence-corrected chi connectivity index (χ3v) is 9.10. The molecule has 0 aromatic heterocycles. The highest BCUT2D eigenvalue weighted by Gasteiger charge is 2.37. The Bertz CT molecular complexity index is 1190. The van der Waals surface area contributed by atoms with E-state index in [2.05, 4.69) is 48.2 Å². The number of ether oxygens (including phenoxy) is 1. The molecule has 2 atom stereocenters. The number of sulfonamides is 1. The fourth-order valence-electron chi connectivity index (χ4n) is 6.09. The van der Waals surface area contributed by atoms with E-state index < -0.39 is 10.0 Å². The van der Waals surface area contributed by atoms with Crippen LogP contribution in [0.25, 0.3) is 0 Å². The van der Waals surface area contributed by atoms with Crippen LogP contribution in [0.1, 0.15) is 60.5 Å². The van der Waals surface area contributed by atoms with Gasteiger partial charge in [0.05, 0.1) is 19.4 Å². The van der Waals surface area contributed by atoms with E-state index in [9.17, 15) is 8.42 Å². The van der Waals surface area contributed by atoms with Crippen molar-refractivity contribution in [3.63, 3.8) is 0 Å². The Kier molecular flexibility index (Phi) is 6.10. The molecule has 0 spiro atoms. The van der Waals surface area contributed by atoms with Crippen molar-refractivity contribution in [3.05, 3.63) is 75.9 Å². The fraction of sp³-hybridized carbons (Fsp3) is 0.481. The minimum Gasteiger partial charge on any atom is -0.497 e. The molecule has 0 saturated carbocycles. The number of nitrogens with zero attached hydrogens (tertiary/aromatic N) is 2. The molecule has 3 heterocycles. The van der Waals surface area contributed by atoms with Gasteiger partial charge in [0.15, 0.2) is 0 Å². The van der Waals surface area contributed by atoms with Gasteiger partial charge in [-0.1, -0.05) is 48.4 Å². The lowest BCUT2D eigenvalue weighted by Crippen LogP contribution is -2.42. The molecule has 176 valence electrons. The van der Waals surface area contributed by atoms with Crippen LogP contribution in [0.2, 0.25) is 0 Å². The number of benzene rings is 2. The van der Waals surface area contributed by atoms with Crippen molar-refractivity contribution in [3.8, 4) is 5.75 Å². The van der Waals surface area contributed by atoms with Crippen molar-refractivity contribution in [2.75, 3.05) is 33.0 Å². The largest absolute Gasteiger partial charge is 0.497 e. The van der Waals surface area contributed by atoms with Crippen LogP contribution in [0, 0.1) is 0 Å². The average Bonchev–Trinajstić information content (AvgIpc) is 2.82. The molecule has 33 heavy (non-hydrogen) atoms. The van der Waals surface area contributed by atoms with Gasteiger partial charge < -0.3 is 4.74 Å². The van der Waals surface area contributed by atoms with E-state index in [4.69, 9.17) is 4.74 Å². The number of fused-ring (bicyclic) bond motifs is 4. The number of rotatable bonds is 5. The topological polar surface area (TPSA) is 49.9 Å². The molecule has 0 aliphatic carbocycles. The normalized spacial score (nSPS) is 23.6. The summed E-state index contributed by atoms with van der Waals surface area (Å²) in [6.45, 7) is 4.85. The van der Waals surface area contributed by atoms with Crippen LogP contribution >= 0.6 is 0 Å². The molecule has 0 N–H and O–H groups in total. The lowest BCUT2D eigenvalue weighted by molar-refractivity contribution is 0.179. The molecule has 0 fully saturated rings. The van der Waals surface area contributed by atoms with Gasteiger partial charge in [-0.15, -0.1) is 0 Å². The van der Waals surface area contributed by atoms with Crippen LogP contribution in [0.5, 0.6) is 5.75 Å². The van der Waals surface area contributed by atoms with Gasteiger partial charge >= 0.3 is 0 Å². The minimum atomic E-state index is -3.31. The Labute approximate surface area is 198 Å². The van der Waals surface area contributed by atoms with Gasteiger partial charge in [-0.3, -0.25) is 4.90 Å². The zero-order valence-electron chi connectivity index (χ0n) is 19.9. The first kappa shape index (κ1) is 22.6. The number of hydrogen-bond donors (Lipinski definition) is 0. The summed E-state index contributed by atoms with van der Waals surface area (Å²) in [6.07, 6.45) is 5.95. The van der Waals surface area contributed by atoms with Gasteiger partial charge in [-0.2, -0.15) is 4.31 Å². The van der Waals surface area contributed by atoms with Crippen LogP contribution < -0.4 is 4.74 Å². The molecule has 2 aromatic rings. The highest BCUT2D eigenvalue weighted by atomic mass is 32.2. The second-order valence-corrected chi connectivity index (χ2v) is 11.5. The van der Waals surface area contributed by atoms with Crippen molar-refractivity contribution in [2.45, 2.75) is 51.1 Å². The summed E-state index contributed by atoms with van der Waals surface area (Å²) in [7, 11) is -1.63. The predicted molar refractivity (Wildman–Crippen MR) is 132 cm³/mol. The molecule has 5 nitrogen and oxygen atoms in total. The van der Waals surface area contributed by atoms with Gasteiger partial charge in [0.1, 0.15) is 5.75 Å². The maximum atomic E-state index is 12.8. The first-order valence-corrected chi connectivity index (χ1v) is 13.9. The molecule has 3 aliphatic rings. The smallest absolute Gasteiger partial charge is 0.211 e. The summed E-state index contributed by atoms with van der Waals surface area (Å²) in [6, 6.07) is 15.2. The quantitative estimate of drug-likeness (QED) is 0.602. The van der Waals surface area contributed by atoms with E-state index in [1.807, 2.05) is 6.07 Å². The second-order valence-electron chi connectivity index (χ2n) is 9.61. The molecule has 5 rings (SSSR count). The lowest BCUT2D eigenvalue weighted by atomic mass is 9.80. The molecule has 0 radical (unpaired) electrons. The Morgan fingerprint density at radius 2 is 1.79 bits per heavy atom. The van der Waals surface area contributed by atoms with Crippen LogP contribution in [-0.4, -0.2) is 50.6 Å². The monoisotopic (exact) mass is 466 g/mol. The fourth-order valence-corrected chi connectivity index (χ4v) is 7.16. The van der Waals surface area contributed by atoms with Gasteiger partial charge in [0, 0.05) is 25.7 Å². The van der Waals surface area contributed by atoms with Crippen molar-refractivity contribution in [1.29, 1.82) is 0 Å². The maximum Gasteiger partial charge on any atom is 0.211 e. The van der Waals surface area contributed by atoms with E-state index >= 15 is 0 Å². The number of hydrogen-bond acceptors (Lipinski definition) is 4. The van der Waals surface area contributed by atoms with E-state index in [1.165, 1.54) is 34.1 Å². The van der Waals surface area contributed by atoms with Crippen molar-refractivity contribution in [1.82, 2.24) is 9.21 Å². The first-order valence-electron chi connectivity index (χ1n) is 12.0. The van der Waals surface area contributed by atoms with Crippen LogP contribution in [0.4, 0.5) is 0 Å². The van der Waals surface area contributed by atoms with Crippen LogP contribution in [0.3, 0.4) is 0 Å². The Balaban J connectivity index is 1.52. The van der Waals surface area contributed by atoms with Crippen LogP contribution in [0.15, 0.2) is 53.6 Å². The summed E-state index contributed by atoms with van der Waals surface area (Å²) in [5.74, 6) is 0.834. The second kappa shape index (κ2) is 8.90. The third-order valence-electron chi connectivity index (χ3n) is 7.81. The van der Waals surface area contributed by atoms with Gasteiger partial charge in [-0.25, -0.2) is 8.42 Å². The Morgan fingerprint density at radius 1 is 1.00 bits per heavy atom. The van der Waals surface area contributed by atoms with E-state index in [0.29, 0.717) is 12.6 Å². The van der Waals surface area contributed by atoms with Crippen molar-refractivity contribution < 1.29 is 13.2 Å². The molecule has 0 bridgehead atoms. The van der Waals surface area contributed by atoms with E-state index in [1.54, 1.807) is 11.4 Å². The highest BCUT2D eigenvalue weighted by Crippen LogP contribution is 2.45. The molecule has 2 unspecified atom stereocenters. The summed E-state index contributed by atoms with van der Waals surface area (Å²) < 4.78 is 32.7. The molecular formula is C27H34N2O3S.